The van der Waals surface area contributed by atoms with Crippen molar-refractivity contribution in [2.45, 2.75) is 26.2 Å². The van der Waals surface area contributed by atoms with Gasteiger partial charge in [-0.1, -0.05) is 35.3 Å². The molecule has 1 heterocycles. The lowest BCUT2D eigenvalue weighted by Crippen LogP contribution is -2.22. The lowest BCUT2D eigenvalue weighted by atomic mass is 9.93. The summed E-state index contributed by atoms with van der Waals surface area (Å²) in [6.07, 6.45) is 2.16. The Morgan fingerprint density at radius 3 is 2.48 bits per heavy atom. The molecule has 3 aromatic rings. The summed E-state index contributed by atoms with van der Waals surface area (Å²) in [7, 11) is 0. The standard InChI is InChI=1S/C23H19Cl2N3O3/c1-13-20-18(27-28-22(29)16-5-2-3-6-17(16)25)7-4-8-19(20)31-21(13)23(30)26-15-11-9-14(24)10-12-15/h2-3,5-6,9-12H,4,7-8H2,1H3,(H,26,30)(H,28,29)/b27-18+. The summed E-state index contributed by atoms with van der Waals surface area (Å²) in [5.74, 6) is 0.170. The van der Waals surface area contributed by atoms with Crippen LogP contribution in [-0.2, 0) is 6.42 Å². The zero-order valence-corrected chi connectivity index (χ0v) is 18.2. The predicted octanol–water partition coefficient (Wildman–Crippen LogP) is 5.62. The maximum atomic E-state index is 12.8. The SMILES string of the molecule is Cc1c(C(=O)Nc2ccc(Cl)cc2)oc2c1/C(=N/NC(=O)c1ccccc1Cl)CCC2. The highest BCUT2D eigenvalue weighted by molar-refractivity contribution is 6.33. The van der Waals surface area contributed by atoms with Crippen LogP contribution in [0, 0.1) is 6.92 Å². The van der Waals surface area contributed by atoms with Gasteiger partial charge in [0.2, 0.25) is 0 Å². The van der Waals surface area contributed by atoms with E-state index in [9.17, 15) is 9.59 Å². The Hall–Kier alpha value is -3.09. The summed E-state index contributed by atoms with van der Waals surface area (Å²) >= 11 is 12.0. The van der Waals surface area contributed by atoms with E-state index in [1.807, 2.05) is 6.92 Å². The highest BCUT2D eigenvalue weighted by Gasteiger charge is 2.28. The number of benzene rings is 2. The molecule has 0 spiro atoms. The molecule has 0 saturated carbocycles. The smallest absolute Gasteiger partial charge is 0.291 e. The molecule has 0 radical (unpaired) electrons. The molecular formula is C23H19Cl2N3O3. The lowest BCUT2D eigenvalue weighted by molar-refractivity contribution is 0.0953. The quantitative estimate of drug-likeness (QED) is 0.500. The van der Waals surface area contributed by atoms with Gasteiger partial charge in [-0.3, -0.25) is 9.59 Å². The fourth-order valence-electron chi connectivity index (χ4n) is 3.54. The molecule has 2 aromatic carbocycles. The van der Waals surface area contributed by atoms with Crippen molar-refractivity contribution in [1.82, 2.24) is 5.43 Å². The van der Waals surface area contributed by atoms with Crippen LogP contribution < -0.4 is 10.7 Å². The molecule has 158 valence electrons. The van der Waals surface area contributed by atoms with Gasteiger partial charge in [-0.2, -0.15) is 5.10 Å². The molecule has 8 heteroatoms. The molecule has 0 fully saturated rings. The number of halogens is 2. The maximum absolute atomic E-state index is 12.8. The van der Waals surface area contributed by atoms with E-state index in [1.54, 1.807) is 48.5 Å². The minimum Gasteiger partial charge on any atom is -0.455 e. The molecule has 0 saturated heterocycles. The number of hydrogen-bond donors (Lipinski definition) is 2. The number of anilines is 1. The molecule has 1 aliphatic carbocycles. The van der Waals surface area contributed by atoms with E-state index in [1.165, 1.54) is 0 Å². The summed E-state index contributed by atoms with van der Waals surface area (Å²) in [5.41, 5.74) is 5.66. The van der Waals surface area contributed by atoms with E-state index in [-0.39, 0.29) is 11.7 Å². The fourth-order valence-corrected chi connectivity index (χ4v) is 3.89. The van der Waals surface area contributed by atoms with Crippen molar-refractivity contribution in [3.63, 3.8) is 0 Å². The van der Waals surface area contributed by atoms with Crippen LogP contribution in [0.4, 0.5) is 5.69 Å². The van der Waals surface area contributed by atoms with Gasteiger partial charge in [0, 0.05) is 28.3 Å². The molecule has 2 amide bonds. The Balaban J connectivity index is 1.57. The number of nitrogens with one attached hydrogen (secondary N) is 2. The first-order chi connectivity index (χ1) is 14.9. The molecule has 31 heavy (non-hydrogen) atoms. The second-order valence-electron chi connectivity index (χ2n) is 7.15. The van der Waals surface area contributed by atoms with Crippen LogP contribution in [0.2, 0.25) is 10.0 Å². The Labute approximate surface area is 189 Å². The topological polar surface area (TPSA) is 83.7 Å². The molecule has 0 bridgehead atoms. The van der Waals surface area contributed by atoms with Crippen LogP contribution in [0.5, 0.6) is 0 Å². The van der Waals surface area contributed by atoms with E-state index in [0.717, 1.165) is 12.0 Å². The molecule has 4 rings (SSSR count). The first-order valence-electron chi connectivity index (χ1n) is 9.75. The summed E-state index contributed by atoms with van der Waals surface area (Å²) in [5, 5.41) is 8.07. The van der Waals surface area contributed by atoms with Crippen molar-refractivity contribution in [2.24, 2.45) is 5.10 Å². The number of carbonyl (C=O) groups is 2. The number of hydrazone groups is 1. The van der Waals surface area contributed by atoms with E-state index in [2.05, 4.69) is 15.8 Å². The predicted molar refractivity (Wildman–Crippen MR) is 121 cm³/mol. The van der Waals surface area contributed by atoms with Gasteiger partial charge < -0.3 is 9.73 Å². The highest BCUT2D eigenvalue weighted by atomic mass is 35.5. The van der Waals surface area contributed by atoms with Gasteiger partial charge >= 0.3 is 0 Å². The summed E-state index contributed by atoms with van der Waals surface area (Å²) in [6.45, 7) is 1.82. The summed E-state index contributed by atoms with van der Waals surface area (Å²) in [4.78, 5) is 25.2. The monoisotopic (exact) mass is 455 g/mol. The van der Waals surface area contributed by atoms with Gasteiger partial charge in [0.25, 0.3) is 11.8 Å². The van der Waals surface area contributed by atoms with Gasteiger partial charge in [0.1, 0.15) is 5.76 Å². The minimum absolute atomic E-state index is 0.229. The van der Waals surface area contributed by atoms with Crippen molar-refractivity contribution in [1.29, 1.82) is 0 Å². The molecule has 0 atom stereocenters. The van der Waals surface area contributed by atoms with Crippen LogP contribution in [0.3, 0.4) is 0 Å². The van der Waals surface area contributed by atoms with Crippen LogP contribution in [-0.4, -0.2) is 17.5 Å². The first-order valence-corrected chi connectivity index (χ1v) is 10.5. The Morgan fingerprint density at radius 1 is 1.00 bits per heavy atom. The van der Waals surface area contributed by atoms with Gasteiger partial charge in [-0.05, 0) is 56.2 Å². The van der Waals surface area contributed by atoms with Gasteiger partial charge in [0.05, 0.1) is 16.3 Å². The van der Waals surface area contributed by atoms with Crippen LogP contribution in [0.15, 0.2) is 58.0 Å². The Kier molecular flexibility index (Phi) is 6.11. The van der Waals surface area contributed by atoms with E-state index >= 15 is 0 Å². The zero-order valence-electron chi connectivity index (χ0n) is 16.7. The number of aryl methyl sites for hydroxylation is 1. The Morgan fingerprint density at radius 2 is 1.74 bits per heavy atom. The van der Waals surface area contributed by atoms with Crippen molar-refractivity contribution in [3.8, 4) is 0 Å². The summed E-state index contributed by atoms with van der Waals surface area (Å²) in [6, 6.07) is 13.6. The highest BCUT2D eigenvalue weighted by Crippen LogP contribution is 2.30. The van der Waals surface area contributed by atoms with Gasteiger partial charge in [0.15, 0.2) is 5.76 Å². The third-order valence-corrected chi connectivity index (χ3v) is 5.63. The molecule has 0 aliphatic heterocycles. The van der Waals surface area contributed by atoms with Crippen LogP contribution in [0.25, 0.3) is 0 Å². The third-order valence-electron chi connectivity index (χ3n) is 5.04. The van der Waals surface area contributed by atoms with Gasteiger partial charge in [-0.25, -0.2) is 5.43 Å². The van der Waals surface area contributed by atoms with Crippen molar-refractivity contribution in [2.75, 3.05) is 5.32 Å². The molecule has 2 N–H and O–H groups in total. The Bertz CT molecular complexity index is 1180. The molecular weight excluding hydrogens is 437 g/mol. The zero-order chi connectivity index (χ0) is 22.0. The molecule has 1 aliphatic rings. The second kappa shape index (κ2) is 8.96. The second-order valence-corrected chi connectivity index (χ2v) is 7.99. The maximum Gasteiger partial charge on any atom is 0.291 e. The van der Waals surface area contributed by atoms with Crippen molar-refractivity contribution >= 4 is 46.4 Å². The average molecular weight is 456 g/mol. The van der Waals surface area contributed by atoms with Crippen LogP contribution >= 0.6 is 23.2 Å². The lowest BCUT2D eigenvalue weighted by Gasteiger charge is -2.13. The third kappa shape index (κ3) is 4.50. The number of furan rings is 1. The summed E-state index contributed by atoms with van der Waals surface area (Å²) < 4.78 is 5.88. The first kappa shape index (κ1) is 21.2. The van der Waals surface area contributed by atoms with Crippen molar-refractivity contribution in [3.05, 3.63) is 86.8 Å². The van der Waals surface area contributed by atoms with E-state index < -0.39 is 5.91 Å². The molecule has 6 nitrogen and oxygen atoms in total. The normalized spacial score (nSPS) is 14.2. The number of fused-ring (bicyclic) bond motifs is 1. The number of amides is 2. The fraction of sp³-hybridized carbons (Fsp3) is 0.174. The van der Waals surface area contributed by atoms with E-state index in [0.29, 0.717) is 51.2 Å². The molecule has 0 unspecified atom stereocenters. The number of hydrogen-bond acceptors (Lipinski definition) is 4. The van der Waals surface area contributed by atoms with Crippen molar-refractivity contribution < 1.29 is 14.0 Å². The molecule has 1 aromatic heterocycles. The number of carbonyl (C=O) groups excluding carboxylic acids is 2. The number of rotatable bonds is 4. The minimum atomic E-state index is -0.396. The average Bonchev–Trinajstić information content (AvgIpc) is 3.11. The number of nitrogens with zero attached hydrogens (tertiary/aromatic N) is 1. The largest absolute Gasteiger partial charge is 0.455 e. The van der Waals surface area contributed by atoms with Crippen LogP contribution in [0.1, 0.15) is 50.6 Å². The van der Waals surface area contributed by atoms with E-state index in [4.69, 9.17) is 27.6 Å². The van der Waals surface area contributed by atoms with Gasteiger partial charge in [-0.15, -0.1) is 0 Å².